The molecular formula is C20H19N5O. The summed E-state index contributed by atoms with van der Waals surface area (Å²) in [5, 5.41) is 17.6. The lowest BCUT2D eigenvalue weighted by molar-refractivity contribution is 0.110. The van der Waals surface area contributed by atoms with E-state index in [9.17, 15) is 0 Å². The number of ether oxygens (including phenoxy) is 1. The van der Waals surface area contributed by atoms with Crippen molar-refractivity contribution in [2.75, 3.05) is 18.1 Å². The van der Waals surface area contributed by atoms with Crippen LogP contribution in [0.2, 0.25) is 0 Å². The van der Waals surface area contributed by atoms with E-state index >= 15 is 0 Å². The summed E-state index contributed by atoms with van der Waals surface area (Å²) in [4.78, 5) is 2.20. The normalized spacial score (nSPS) is 16.6. The molecule has 0 saturated carbocycles. The van der Waals surface area contributed by atoms with Crippen molar-refractivity contribution in [3.63, 3.8) is 0 Å². The molecule has 3 aromatic rings. The Morgan fingerprint density at radius 3 is 2.88 bits per heavy atom. The molecule has 6 nitrogen and oxygen atoms in total. The average Bonchev–Trinajstić information content (AvgIpc) is 3.32. The number of aryl methyl sites for hydroxylation is 1. The summed E-state index contributed by atoms with van der Waals surface area (Å²) >= 11 is 0. The van der Waals surface area contributed by atoms with E-state index in [1.165, 1.54) is 5.56 Å². The SMILES string of the molecule is Cc1ccc(N2CCOC2c2cn(Cc3cccc(C#N)c3)nn2)cc1. The van der Waals surface area contributed by atoms with Gasteiger partial charge in [0.1, 0.15) is 5.69 Å². The zero-order valence-corrected chi connectivity index (χ0v) is 14.5. The Morgan fingerprint density at radius 2 is 2.08 bits per heavy atom. The second-order valence-corrected chi connectivity index (χ2v) is 6.41. The monoisotopic (exact) mass is 345 g/mol. The number of hydrogen-bond donors (Lipinski definition) is 0. The lowest BCUT2D eigenvalue weighted by atomic mass is 10.1. The number of benzene rings is 2. The molecule has 0 amide bonds. The molecular weight excluding hydrogens is 326 g/mol. The van der Waals surface area contributed by atoms with E-state index in [1.54, 1.807) is 10.7 Å². The van der Waals surface area contributed by atoms with E-state index in [2.05, 4.69) is 52.5 Å². The minimum atomic E-state index is -0.225. The number of nitrogens with zero attached hydrogens (tertiary/aromatic N) is 5. The maximum Gasteiger partial charge on any atom is 0.177 e. The van der Waals surface area contributed by atoms with Crippen LogP contribution in [0.3, 0.4) is 0 Å². The number of hydrogen-bond acceptors (Lipinski definition) is 5. The predicted octanol–water partition coefficient (Wildman–Crippen LogP) is 3.04. The van der Waals surface area contributed by atoms with Crippen molar-refractivity contribution in [2.24, 2.45) is 0 Å². The number of rotatable bonds is 4. The van der Waals surface area contributed by atoms with E-state index in [0.29, 0.717) is 18.7 Å². The Labute approximate surface area is 152 Å². The van der Waals surface area contributed by atoms with Gasteiger partial charge in [0.05, 0.1) is 31.0 Å². The highest BCUT2D eigenvalue weighted by atomic mass is 16.5. The van der Waals surface area contributed by atoms with E-state index in [1.807, 2.05) is 24.4 Å². The number of anilines is 1. The molecule has 4 rings (SSSR count). The van der Waals surface area contributed by atoms with Crippen molar-refractivity contribution < 1.29 is 4.74 Å². The maximum atomic E-state index is 9.02. The maximum absolute atomic E-state index is 9.02. The fourth-order valence-corrected chi connectivity index (χ4v) is 3.15. The minimum Gasteiger partial charge on any atom is -0.350 e. The third kappa shape index (κ3) is 3.30. The van der Waals surface area contributed by atoms with Crippen molar-refractivity contribution in [1.29, 1.82) is 5.26 Å². The first-order valence-electron chi connectivity index (χ1n) is 8.57. The van der Waals surface area contributed by atoms with Gasteiger partial charge in [-0.25, -0.2) is 4.68 Å². The molecule has 0 bridgehead atoms. The van der Waals surface area contributed by atoms with Gasteiger partial charge in [0, 0.05) is 12.2 Å². The molecule has 1 atom stereocenters. The molecule has 6 heteroatoms. The Kier molecular flexibility index (Phi) is 4.38. The molecule has 1 aromatic heterocycles. The van der Waals surface area contributed by atoms with Crippen molar-refractivity contribution in [3.05, 3.63) is 77.1 Å². The summed E-state index contributed by atoms with van der Waals surface area (Å²) in [6.45, 7) is 4.13. The van der Waals surface area contributed by atoms with Gasteiger partial charge < -0.3 is 9.64 Å². The van der Waals surface area contributed by atoms with Crippen LogP contribution in [0.25, 0.3) is 0 Å². The largest absolute Gasteiger partial charge is 0.350 e. The van der Waals surface area contributed by atoms with Crippen LogP contribution in [-0.4, -0.2) is 28.1 Å². The molecule has 0 aliphatic carbocycles. The molecule has 2 heterocycles. The quantitative estimate of drug-likeness (QED) is 0.727. The zero-order chi connectivity index (χ0) is 17.9. The van der Waals surface area contributed by atoms with Gasteiger partial charge in [-0.1, -0.05) is 35.0 Å². The van der Waals surface area contributed by atoms with Crippen molar-refractivity contribution in [3.8, 4) is 6.07 Å². The zero-order valence-electron chi connectivity index (χ0n) is 14.5. The van der Waals surface area contributed by atoms with E-state index in [0.717, 1.165) is 23.5 Å². The van der Waals surface area contributed by atoms with Gasteiger partial charge in [-0.15, -0.1) is 5.10 Å². The van der Waals surface area contributed by atoms with Gasteiger partial charge >= 0.3 is 0 Å². The van der Waals surface area contributed by atoms with Crippen molar-refractivity contribution in [1.82, 2.24) is 15.0 Å². The molecule has 1 aliphatic heterocycles. The third-order valence-electron chi connectivity index (χ3n) is 4.47. The smallest absolute Gasteiger partial charge is 0.177 e. The van der Waals surface area contributed by atoms with Crippen LogP contribution in [0.5, 0.6) is 0 Å². The number of nitriles is 1. The van der Waals surface area contributed by atoms with Gasteiger partial charge in [0.2, 0.25) is 0 Å². The van der Waals surface area contributed by atoms with Crippen LogP contribution in [0.4, 0.5) is 5.69 Å². The van der Waals surface area contributed by atoms with Gasteiger partial charge in [-0.2, -0.15) is 5.26 Å². The van der Waals surface area contributed by atoms with Gasteiger partial charge in [-0.05, 0) is 36.8 Å². The van der Waals surface area contributed by atoms with Crippen LogP contribution in [0, 0.1) is 18.3 Å². The standard InChI is InChI=1S/C20H19N5O/c1-15-5-7-18(8-6-15)25-9-10-26-20(25)19-14-24(23-22-19)13-17-4-2-3-16(11-17)12-21/h2-8,11,14,20H,9-10,13H2,1H3. The molecule has 26 heavy (non-hydrogen) atoms. The summed E-state index contributed by atoms with van der Waals surface area (Å²) < 4.78 is 7.68. The minimum absolute atomic E-state index is 0.225. The van der Waals surface area contributed by atoms with Crippen LogP contribution in [-0.2, 0) is 11.3 Å². The molecule has 0 N–H and O–H groups in total. The third-order valence-corrected chi connectivity index (χ3v) is 4.47. The molecule has 0 spiro atoms. The second kappa shape index (κ2) is 6.98. The summed E-state index contributed by atoms with van der Waals surface area (Å²) in [6, 6.07) is 18.1. The fraction of sp³-hybridized carbons (Fsp3) is 0.250. The highest BCUT2D eigenvalue weighted by Gasteiger charge is 2.29. The number of aromatic nitrogens is 3. The molecule has 1 aliphatic rings. The summed E-state index contributed by atoms with van der Waals surface area (Å²) in [7, 11) is 0. The Balaban J connectivity index is 1.53. The van der Waals surface area contributed by atoms with Crippen LogP contribution < -0.4 is 4.90 Å². The Hall–Kier alpha value is -3.17. The highest BCUT2D eigenvalue weighted by Crippen LogP contribution is 2.31. The topological polar surface area (TPSA) is 67.0 Å². The summed E-state index contributed by atoms with van der Waals surface area (Å²) in [5.41, 5.74) is 4.81. The van der Waals surface area contributed by atoms with E-state index in [-0.39, 0.29) is 6.23 Å². The van der Waals surface area contributed by atoms with Crippen LogP contribution >= 0.6 is 0 Å². The van der Waals surface area contributed by atoms with E-state index in [4.69, 9.17) is 10.00 Å². The van der Waals surface area contributed by atoms with Gasteiger partial charge in [0.15, 0.2) is 6.23 Å². The molecule has 1 saturated heterocycles. The Bertz CT molecular complexity index is 941. The molecule has 1 unspecified atom stereocenters. The first-order valence-corrected chi connectivity index (χ1v) is 8.57. The van der Waals surface area contributed by atoms with Gasteiger partial charge in [-0.3, -0.25) is 0 Å². The lowest BCUT2D eigenvalue weighted by Crippen LogP contribution is -2.23. The summed E-state index contributed by atoms with van der Waals surface area (Å²) in [6.07, 6.45) is 1.69. The molecule has 2 aromatic carbocycles. The van der Waals surface area contributed by atoms with Crippen LogP contribution in [0.1, 0.15) is 28.6 Å². The molecule has 1 fully saturated rings. The van der Waals surface area contributed by atoms with E-state index < -0.39 is 0 Å². The lowest BCUT2D eigenvalue weighted by Gasteiger charge is -2.23. The Morgan fingerprint density at radius 1 is 1.23 bits per heavy atom. The van der Waals surface area contributed by atoms with Crippen molar-refractivity contribution in [2.45, 2.75) is 19.7 Å². The fourth-order valence-electron chi connectivity index (χ4n) is 3.15. The first-order chi connectivity index (χ1) is 12.7. The van der Waals surface area contributed by atoms with Crippen molar-refractivity contribution >= 4 is 5.69 Å². The van der Waals surface area contributed by atoms with Gasteiger partial charge in [0.25, 0.3) is 0 Å². The first kappa shape index (κ1) is 16.3. The average molecular weight is 345 g/mol. The molecule has 0 radical (unpaired) electrons. The van der Waals surface area contributed by atoms with Crippen LogP contribution in [0.15, 0.2) is 54.7 Å². The molecule has 130 valence electrons. The second-order valence-electron chi connectivity index (χ2n) is 6.41. The predicted molar refractivity (Wildman–Crippen MR) is 97.5 cm³/mol. The summed E-state index contributed by atoms with van der Waals surface area (Å²) in [5.74, 6) is 0. The highest BCUT2D eigenvalue weighted by molar-refractivity contribution is 5.49.